The van der Waals surface area contributed by atoms with Crippen molar-refractivity contribution in [3.63, 3.8) is 0 Å². The summed E-state index contributed by atoms with van der Waals surface area (Å²) in [6.45, 7) is 3.83. The van der Waals surface area contributed by atoms with Crippen molar-refractivity contribution in [3.8, 4) is 5.75 Å². The van der Waals surface area contributed by atoms with Crippen LogP contribution in [0.4, 0.5) is 5.69 Å². The highest BCUT2D eigenvalue weighted by Crippen LogP contribution is 2.29. The molecule has 1 N–H and O–H groups in total. The van der Waals surface area contributed by atoms with Crippen LogP contribution in [0.5, 0.6) is 5.75 Å². The number of benzene rings is 1. The van der Waals surface area contributed by atoms with Gasteiger partial charge in [0.15, 0.2) is 0 Å². The zero-order valence-electron chi connectivity index (χ0n) is 11.8. The Bertz CT molecular complexity index is 531. The number of fused-ring (bicyclic) bond motifs is 1. The number of nitrogens with zero attached hydrogens (tertiary/aromatic N) is 1. The molecule has 0 saturated carbocycles. The van der Waals surface area contributed by atoms with E-state index in [0.29, 0.717) is 6.54 Å². The zero-order valence-corrected chi connectivity index (χ0v) is 12.7. The van der Waals surface area contributed by atoms with Gasteiger partial charge in [0.1, 0.15) is 15.6 Å². The van der Waals surface area contributed by atoms with Crippen molar-refractivity contribution in [3.05, 3.63) is 24.3 Å². The van der Waals surface area contributed by atoms with Gasteiger partial charge in [0.2, 0.25) is 0 Å². The fraction of sp³-hybridized carbons (Fsp3) is 0.571. The smallest absolute Gasteiger partial charge is 0.148 e. The number of nitrogens with one attached hydrogen (secondary N) is 1. The Hall–Kier alpha value is -1.27. The molecule has 1 aliphatic heterocycles. The minimum atomic E-state index is -2.88. The largest absolute Gasteiger partial charge is 0.491 e. The summed E-state index contributed by atoms with van der Waals surface area (Å²) in [5, 5.41) is 3.18. The van der Waals surface area contributed by atoms with E-state index in [4.69, 9.17) is 4.74 Å². The van der Waals surface area contributed by atoms with Gasteiger partial charge in [0.05, 0.1) is 18.0 Å². The lowest BCUT2D eigenvalue weighted by Gasteiger charge is -2.23. The van der Waals surface area contributed by atoms with E-state index in [0.717, 1.165) is 44.1 Å². The first-order chi connectivity index (χ1) is 9.56. The lowest BCUT2D eigenvalue weighted by molar-refractivity contribution is 0.322. The summed E-state index contributed by atoms with van der Waals surface area (Å²) in [4.78, 5) is 2.29. The number of hydrogen-bond donors (Lipinski definition) is 1. The fourth-order valence-electron chi connectivity index (χ4n) is 2.23. The third kappa shape index (κ3) is 4.68. The molecular weight excluding hydrogens is 276 g/mol. The molecule has 6 heteroatoms. The summed E-state index contributed by atoms with van der Waals surface area (Å²) in [6.07, 6.45) is 2.26. The van der Waals surface area contributed by atoms with Gasteiger partial charge in [-0.2, -0.15) is 0 Å². The van der Waals surface area contributed by atoms with Gasteiger partial charge in [0.25, 0.3) is 0 Å². The quantitative estimate of drug-likeness (QED) is 0.791. The van der Waals surface area contributed by atoms with E-state index in [1.54, 1.807) is 0 Å². The molecule has 0 fully saturated rings. The molecule has 2 rings (SSSR count). The van der Waals surface area contributed by atoms with Crippen molar-refractivity contribution >= 4 is 15.5 Å². The highest BCUT2D eigenvalue weighted by Gasteiger charge is 2.15. The Balaban J connectivity index is 1.84. The van der Waals surface area contributed by atoms with Crippen LogP contribution in [-0.4, -0.2) is 53.2 Å². The van der Waals surface area contributed by atoms with Crippen LogP contribution < -0.4 is 15.0 Å². The molecule has 20 heavy (non-hydrogen) atoms. The Labute approximate surface area is 120 Å². The summed E-state index contributed by atoms with van der Waals surface area (Å²) in [5.41, 5.74) is 1.12. The van der Waals surface area contributed by atoms with Crippen LogP contribution in [0.3, 0.4) is 0 Å². The van der Waals surface area contributed by atoms with E-state index in [1.165, 1.54) is 6.26 Å². The Morgan fingerprint density at radius 2 is 2.10 bits per heavy atom. The maximum Gasteiger partial charge on any atom is 0.148 e. The second kappa shape index (κ2) is 6.95. The predicted molar refractivity (Wildman–Crippen MR) is 81.3 cm³/mol. The molecule has 0 aromatic heterocycles. The standard InChI is InChI=1S/C14H22N2O3S/c1-20(17,18)12-8-15-7-10-16-9-4-11-19-14-6-3-2-5-13(14)16/h2-3,5-6,15H,4,7-12H2,1H3. The molecule has 1 aliphatic rings. The van der Waals surface area contributed by atoms with Gasteiger partial charge in [-0.1, -0.05) is 12.1 Å². The molecule has 0 saturated heterocycles. The summed E-state index contributed by atoms with van der Waals surface area (Å²) in [5.74, 6) is 1.12. The molecular formula is C14H22N2O3S. The van der Waals surface area contributed by atoms with Crippen LogP contribution in [0.15, 0.2) is 24.3 Å². The third-order valence-corrected chi connectivity index (χ3v) is 4.19. The van der Waals surface area contributed by atoms with Crippen molar-refractivity contribution in [1.82, 2.24) is 5.32 Å². The molecule has 0 unspecified atom stereocenters. The van der Waals surface area contributed by atoms with Crippen LogP contribution in [0.25, 0.3) is 0 Å². The topological polar surface area (TPSA) is 58.6 Å². The number of ether oxygens (including phenoxy) is 1. The Kier molecular flexibility index (Phi) is 5.25. The lowest BCUT2D eigenvalue weighted by atomic mass is 10.2. The minimum absolute atomic E-state index is 0.187. The van der Waals surface area contributed by atoms with Gasteiger partial charge in [-0.15, -0.1) is 0 Å². The molecule has 0 bridgehead atoms. The summed E-state index contributed by atoms with van der Waals surface area (Å²) in [7, 11) is -2.88. The van der Waals surface area contributed by atoms with E-state index < -0.39 is 9.84 Å². The predicted octanol–water partition coefficient (Wildman–Crippen LogP) is 0.910. The Morgan fingerprint density at radius 3 is 2.90 bits per heavy atom. The molecule has 1 aromatic carbocycles. The van der Waals surface area contributed by atoms with Gasteiger partial charge < -0.3 is 15.0 Å². The first kappa shape index (κ1) is 15.1. The average molecular weight is 298 g/mol. The lowest BCUT2D eigenvalue weighted by Crippen LogP contribution is -2.34. The van der Waals surface area contributed by atoms with Crippen molar-refractivity contribution < 1.29 is 13.2 Å². The first-order valence-corrected chi connectivity index (χ1v) is 8.97. The molecule has 0 aliphatic carbocycles. The summed E-state index contributed by atoms with van der Waals surface area (Å²) >= 11 is 0. The van der Waals surface area contributed by atoms with E-state index in [2.05, 4.69) is 16.3 Å². The second-order valence-electron chi connectivity index (χ2n) is 5.04. The summed E-state index contributed by atoms with van der Waals surface area (Å²) in [6, 6.07) is 8.05. The van der Waals surface area contributed by atoms with Crippen molar-refractivity contribution in [2.75, 3.05) is 49.7 Å². The van der Waals surface area contributed by atoms with Crippen LogP contribution in [0.2, 0.25) is 0 Å². The molecule has 1 heterocycles. The molecule has 0 atom stereocenters. The normalized spacial score (nSPS) is 15.3. The van der Waals surface area contributed by atoms with E-state index in [-0.39, 0.29) is 5.75 Å². The highest BCUT2D eigenvalue weighted by atomic mass is 32.2. The van der Waals surface area contributed by atoms with Crippen molar-refractivity contribution in [2.45, 2.75) is 6.42 Å². The molecule has 0 amide bonds. The molecule has 1 aromatic rings. The van der Waals surface area contributed by atoms with Gasteiger partial charge >= 0.3 is 0 Å². The number of hydrogen-bond acceptors (Lipinski definition) is 5. The number of anilines is 1. The maximum atomic E-state index is 11.0. The van der Waals surface area contributed by atoms with Gasteiger partial charge in [-0.05, 0) is 18.6 Å². The number of rotatable bonds is 6. The number of para-hydroxylation sites is 2. The first-order valence-electron chi connectivity index (χ1n) is 6.91. The SMILES string of the molecule is CS(=O)(=O)CCNCCN1CCCOc2ccccc21. The monoisotopic (exact) mass is 298 g/mol. The minimum Gasteiger partial charge on any atom is -0.491 e. The highest BCUT2D eigenvalue weighted by molar-refractivity contribution is 7.90. The summed E-state index contributed by atoms with van der Waals surface area (Å²) < 4.78 is 27.8. The second-order valence-corrected chi connectivity index (χ2v) is 7.30. The van der Waals surface area contributed by atoms with Gasteiger partial charge in [-0.3, -0.25) is 0 Å². The van der Waals surface area contributed by atoms with Crippen molar-refractivity contribution in [2.24, 2.45) is 0 Å². The van der Waals surface area contributed by atoms with Crippen LogP contribution in [0.1, 0.15) is 6.42 Å². The van der Waals surface area contributed by atoms with Gasteiger partial charge in [0, 0.05) is 32.4 Å². The average Bonchev–Trinajstić information content (AvgIpc) is 2.60. The van der Waals surface area contributed by atoms with Crippen LogP contribution >= 0.6 is 0 Å². The molecule has 112 valence electrons. The van der Waals surface area contributed by atoms with E-state index >= 15 is 0 Å². The Morgan fingerprint density at radius 1 is 1.30 bits per heavy atom. The van der Waals surface area contributed by atoms with Crippen molar-refractivity contribution in [1.29, 1.82) is 0 Å². The zero-order chi connectivity index (χ0) is 14.4. The molecule has 0 spiro atoms. The molecule has 0 radical (unpaired) electrons. The maximum absolute atomic E-state index is 11.0. The fourth-order valence-corrected chi connectivity index (χ4v) is 2.74. The van der Waals surface area contributed by atoms with Crippen LogP contribution in [0, 0.1) is 0 Å². The van der Waals surface area contributed by atoms with Crippen LogP contribution in [-0.2, 0) is 9.84 Å². The van der Waals surface area contributed by atoms with Gasteiger partial charge in [-0.25, -0.2) is 8.42 Å². The van der Waals surface area contributed by atoms with E-state index in [1.807, 2.05) is 18.2 Å². The number of sulfone groups is 1. The molecule has 5 nitrogen and oxygen atoms in total. The van der Waals surface area contributed by atoms with E-state index in [9.17, 15) is 8.42 Å². The third-order valence-electron chi connectivity index (χ3n) is 3.24.